The molecule has 8 heteroatoms. The van der Waals surface area contributed by atoms with E-state index in [1.54, 1.807) is 24.3 Å². The first-order valence-corrected chi connectivity index (χ1v) is 6.86. The Morgan fingerprint density at radius 3 is 2.35 bits per heavy atom. The van der Waals surface area contributed by atoms with E-state index in [1.165, 1.54) is 24.3 Å². The van der Waals surface area contributed by atoms with Crippen molar-refractivity contribution in [3.63, 3.8) is 0 Å². The number of carbonyl (C=O) groups is 1. The first-order chi connectivity index (χ1) is 11.0. The van der Waals surface area contributed by atoms with Crippen LogP contribution in [0.2, 0.25) is 5.02 Å². The standard InChI is InChI=1S/C15H12ClN3O4/c16-12-5-1-10(2-6-12)9-14(17)18-23-15(20)11-3-7-13(8-4-11)19(21)22/h1-8H,9H2,(H2,17,18). The number of oxime groups is 1. The largest absolute Gasteiger partial charge is 0.384 e. The van der Waals surface area contributed by atoms with Gasteiger partial charge in [0.25, 0.3) is 5.69 Å². The van der Waals surface area contributed by atoms with Crippen LogP contribution in [-0.4, -0.2) is 16.7 Å². The lowest BCUT2D eigenvalue weighted by atomic mass is 10.1. The van der Waals surface area contributed by atoms with E-state index in [0.717, 1.165) is 5.56 Å². The van der Waals surface area contributed by atoms with Gasteiger partial charge in [0.15, 0.2) is 0 Å². The van der Waals surface area contributed by atoms with Crippen LogP contribution in [0.25, 0.3) is 0 Å². The minimum absolute atomic E-state index is 0.114. The van der Waals surface area contributed by atoms with Gasteiger partial charge in [-0.05, 0) is 29.8 Å². The maximum Gasteiger partial charge on any atom is 0.365 e. The number of nitrogens with two attached hydrogens (primary N) is 1. The molecule has 0 amide bonds. The second-order valence-corrected chi connectivity index (χ2v) is 5.01. The number of amidine groups is 1. The fraction of sp³-hybridized carbons (Fsp3) is 0.0667. The van der Waals surface area contributed by atoms with Crippen molar-refractivity contribution in [3.05, 3.63) is 74.8 Å². The van der Waals surface area contributed by atoms with Crippen LogP contribution in [0.1, 0.15) is 15.9 Å². The van der Waals surface area contributed by atoms with Crippen LogP contribution in [0, 0.1) is 10.1 Å². The summed E-state index contributed by atoms with van der Waals surface area (Å²) in [7, 11) is 0. The molecule has 0 aliphatic rings. The fourth-order valence-corrected chi connectivity index (χ4v) is 1.84. The summed E-state index contributed by atoms with van der Waals surface area (Å²) >= 11 is 5.78. The molecule has 0 bridgehead atoms. The van der Waals surface area contributed by atoms with Gasteiger partial charge in [0, 0.05) is 23.6 Å². The summed E-state index contributed by atoms with van der Waals surface area (Å²) < 4.78 is 0. The third-order valence-electron chi connectivity index (χ3n) is 2.86. The monoisotopic (exact) mass is 333 g/mol. The highest BCUT2D eigenvalue weighted by molar-refractivity contribution is 6.30. The molecule has 0 saturated carbocycles. The van der Waals surface area contributed by atoms with Gasteiger partial charge in [-0.2, -0.15) is 0 Å². The third kappa shape index (κ3) is 4.79. The molecule has 0 saturated heterocycles. The molecule has 2 aromatic carbocycles. The summed E-state index contributed by atoms with van der Waals surface area (Å²) in [6.07, 6.45) is 0.296. The van der Waals surface area contributed by atoms with Crippen LogP contribution in [0.4, 0.5) is 5.69 Å². The number of non-ortho nitro benzene ring substituents is 1. The molecule has 2 N–H and O–H groups in total. The Balaban J connectivity index is 1.96. The smallest absolute Gasteiger partial charge is 0.365 e. The summed E-state index contributed by atoms with van der Waals surface area (Å²) in [5, 5.41) is 14.7. The molecule has 7 nitrogen and oxygen atoms in total. The molecule has 0 aliphatic carbocycles. The van der Waals surface area contributed by atoms with Crippen molar-refractivity contribution in [3.8, 4) is 0 Å². The molecule has 0 fully saturated rings. The van der Waals surface area contributed by atoms with Gasteiger partial charge in [-0.3, -0.25) is 10.1 Å². The number of benzene rings is 2. The molecule has 23 heavy (non-hydrogen) atoms. The van der Waals surface area contributed by atoms with Gasteiger partial charge in [-0.25, -0.2) is 4.79 Å². The number of nitrogens with zero attached hydrogens (tertiary/aromatic N) is 2. The third-order valence-corrected chi connectivity index (χ3v) is 3.11. The molecule has 2 rings (SSSR count). The normalized spacial score (nSPS) is 11.1. The molecular formula is C15H12ClN3O4. The Hall–Kier alpha value is -2.93. The predicted molar refractivity (Wildman–Crippen MR) is 85.3 cm³/mol. The van der Waals surface area contributed by atoms with Crippen LogP contribution >= 0.6 is 11.6 Å². The number of hydrogen-bond acceptors (Lipinski definition) is 5. The van der Waals surface area contributed by atoms with Crippen LogP contribution in [0.15, 0.2) is 53.7 Å². The summed E-state index contributed by atoms with van der Waals surface area (Å²) in [4.78, 5) is 26.4. The van der Waals surface area contributed by atoms with E-state index < -0.39 is 10.9 Å². The first kappa shape index (κ1) is 16.4. The maximum absolute atomic E-state index is 11.8. The molecule has 0 aliphatic heterocycles. The van der Waals surface area contributed by atoms with Crippen molar-refractivity contribution in [1.29, 1.82) is 0 Å². The van der Waals surface area contributed by atoms with Crippen molar-refractivity contribution in [2.75, 3.05) is 0 Å². The van der Waals surface area contributed by atoms with Gasteiger partial charge in [0.05, 0.1) is 10.5 Å². The molecule has 0 radical (unpaired) electrons. The second-order valence-electron chi connectivity index (χ2n) is 4.57. The van der Waals surface area contributed by atoms with Gasteiger partial charge >= 0.3 is 5.97 Å². The molecular weight excluding hydrogens is 322 g/mol. The highest BCUT2D eigenvalue weighted by atomic mass is 35.5. The number of nitro groups is 1. The zero-order valence-corrected chi connectivity index (χ0v) is 12.6. The Kier molecular flexibility index (Phi) is 5.27. The van der Waals surface area contributed by atoms with Crippen molar-refractivity contribution < 1.29 is 14.6 Å². The zero-order chi connectivity index (χ0) is 16.8. The number of rotatable bonds is 5. The van der Waals surface area contributed by atoms with Crippen molar-refractivity contribution in [2.45, 2.75) is 6.42 Å². The van der Waals surface area contributed by atoms with Crippen LogP contribution in [0.5, 0.6) is 0 Å². The topological polar surface area (TPSA) is 108 Å². The van der Waals surface area contributed by atoms with E-state index >= 15 is 0 Å². The van der Waals surface area contributed by atoms with Gasteiger partial charge in [0.2, 0.25) is 0 Å². The molecule has 2 aromatic rings. The van der Waals surface area contributed by atoms with E-state index in [4.69, 9.17) is 22.2 Å². The van der Waals surface area contributed by atoms with Crippen molar-refractivity contribution >= 4 is 29.1 Å². The van der Waals surface area contributed by atoms with E-state index in [1.807, 2.05) is 0 Å². The molecule has 118 valence electrons. The molecule has 0 aromatic heterocycles. The van der Waals surface area contributed by atoms with Gasteiger partial charge in [-0.1, -0.05) is 28.9 Å². The average Bonchev–Trinajstić information content (AvgIpc) is 2.55. The Morgan fingerprint density at radius 2 is 1.78 bits per heavy atom. The number of halogens is 1. The average molecular weight is 334 g/mol. The Morgan fingerprint density at radius 1 is 1.17 bits per heavy atom. The highest BCUT2D eigenvalue weighted by Crippen LogP contribution is 2.13. The SMILES string of the molecule is N/C(Cc1ccc(Cl)cc1)=N\OC(=O)c1ccc([N+](=O)[O-])cc1. The minimum atomic E-state index is -0.751. The number of carbonyl (C=O) groups excluding carboxylic acids is 1. The quantitative estimate of drug-likeness (QED) is 0.297. The molecule has 0 heterocycles. The molecule has 0 spiro atoms. The van der Waals surface area contributed by atoms with Crippen molar-refractivity contribution in [2.24, 2.45) is 10.9 Å². The summed E-state index contributed by atoms with van der Waals surface area (Å²) in [5.74, 6) is -0.637. The van der Waals surface area contributed by atoms with Crippen molar-refractivity contribution in [1.82, 2.24) is 0 Å². The summed E-state index contributed by atoms with van der Waals surface area (Å²) in [5.41, 5.74) is 6.57. The first-order valence-electron chi connectivity index (χ1n) is 6.48. The molecule has 0 atom stereocenters. The fourth-order valence-electron chi connectivity index (χ4n) is 1.72. The summed E-state index contributed by atoms with van der Waals surface area (Å²) in [6, 6.07) is 12.0. The minimum Gasteiger partial charge on any atom is -0.384 e. The maximum atomic E-state index is 11.8. The lowest BCUT2D eigenvalue weighted by Gasteiger charge is -2.02. The van der Waals surface area contributed by atoms with E-state index in [2.05, 4.69) is 5.16 Å². The number of hydrogen-bond donors (Lipinski definition) is 1. The van der Waals surface area contributed by atoms with E-state index in [9.17, 15) is 14.9 Å². The number of nitro benzene ring substituents is 1. The van der Waals surface area contributed by atoms with Crippen LogP contribution in [-0.2, 0) is 11.3 Å². The Labute approximate surface area is 136 Å². The van der Waals surface area contributed by atoms with Gasteiger partial charge < -0.3 is 10.6 Å². The van der Waals surface area contributed by atoms with Crippen LogP contribution in [0.3, 0.4) is 0 Å². The van der Waals surface area contributed by atoms with E-state index in [-0.39, 0.29) is 17.1 Å². The highest BCUT2D eigenvalue weighted by Gasteiger charge is 2.11. The lowest BCUT2D eigenvalue weighted by molar-refractivity contribution is -0.384. The van der Waals surface area contributed by atoms with Crippen LogP contribution < -0.4 is 5.73 Å². The Bertz CT molecular complexity index is 742. The predicted octanol–water partition coefficient (Wildman–Crippen LogP) is 2.92. The lowest BCUT2D eigenvalue weighted by Crippen LogP contribution is -2.16. The second kappa shape index (κ2) is 7.37. The van der Waals surface area contributed by atoms with E-state index in [0.29, 0.717) is 11.4 Å². The van der Waals surface area contributed by atoms with Gasteiger partial charge in [-0.15, -0.1) is 0 Å². The summed E-state index contributed by atoms with van der Waals surface area (Å²) in [6.45, 7) is 0. The zero-order valence-electron chi connectivity index (χ0n) is 11.8. The van der Waals surface area contributed by atoms with Gasteiger partial charge in [0.1, 0.15) is 5.84 Å². The molecule has 0 unspecified atom stereocenters.